The Bertz CT molecular complexity index is 673. The molecule has 1 aliphatic rings. The molecule has 0 spiro atoms. The van der Waals surface area contributed by atoms with Crippen molar-refractivity contribution in [1.29, 1.82) is 0 Å². The molecule has 0 saturated carbocycles. The van der Waals surface area contributed by atoms with Gasteiger partial charge in [0.05, 0.1) is 17.7 Å². The Balaban J connectivity index is 1.96. The Morgan fingerprint density at radius 3 is 2.82 bits per heavy atom. The predicted octanol–water partition coefficient (Wildman–Crippen LogP) is 3.42. The molecule has 6 heteroatoms. The number of aliphatic hydroxyl groups is 1. The van der Waals surface area contributed by atoms with Gasteiger partial charge < -0.3 is 15.7 Å². The first kappa shape index (κ1) is 15.4. The molecule has 0 amide bonds. The molecule has 118 valence electrons. The second kappa shape index (κ2) is 5.61. The molecule has 2 heterocycles. The van der Waals surface area contributed by atoms with Crippen molar-refractivity contribution >= 4 is 17.0 Å². The largest absolute Gasteiger partial charge is 0.389 e. The van der Waals surface area contributed by atoms with Crippen molar-refractivity contribution in [3.8, 4) is 0 Å². The van der Waals surface area contributed by atoms with Crippen molar-refractivity contribution in [2.75, 3.05) is 5.32 Å². The van der Waals surface area contributed by atoms with E-state index in [0.717, 1.165) is 10.9 Å². The van der Waals surface area contributed by atoms with Crippen LogP contribution >= 0.6 is 11.3 Å². The molecule has 3 nitrogen and oxygen atoms in total. The molecule has 1 aromatic carbocycles. The van der Waals surface area contributed by atoms with Crippen LogP contribution in [0.3, 0.4) is 0 Å². The zero-order valence-corrected chi connectivity index (χ0v) is 13.2. The third-order valence-corrected chi connectivity index (χ3v) is 4.87. The fraction of sp³-hybridized carbons (Fsp3) is 0.375. The lowest BCUT2D eigenvalue weighted by molar-refractivity contribution is 0.0663. The van der Waals surface area contributed by atoms with Gasteiger partial charge in [0.2, 0.25) is 0 Å². The Kier molecular flexibility index (Phi) is 3.92. The van der Waals surface area contributed by atoms with Crippen LogP contribution in [0.5, 0.6) is 0 Å². The molecule has 1 unspecified atom stereocenters. The Hall–Kier alpha value is -1.50. The molecule has 0 radical (unpaired) electrons. The maximum atomic E-state index is 14.2. The van der Waals surface area contributed by atoms with Crippen LogP contribution in [0.2, 0.25) is 0 Å². The van der Waals surface area contributed by atoms with Gasteiger partial charge in [-0.05, 0) is 31.4 Å². The van der Waals surface area contributed by atoms with E-state index in [-0.39, 0.29) is 5.56 Å². The van der Waals surface area contributed by atoms with Gasteiger partial charge in [0.25, 0.3) is 0 Å². The molecule has 1 aromatic heterocycles. The highest BCUT2D eigenvalue weighted by molar-refractivity contribution is 7.09. The average molecular weight is 324 g/mol. The monoisotopic (exact) mass is 324 g/mol. The zero-order valence-electron chi connectivity index (χ0n) is 12.4. The molecule has 0 bridgehead atoms. The van der Waals surface area contributed by atoms with Gasteiger partial charge in [0.15, 0.2) is 0 Å². The van der Waals surface area contributed by atoms with Crippen LogP contribution in [0.4, 0.5) is 14.5 Å². The van der Waals surface area contributed by atoms with E-state index in [4.69, 9.17) is 0 Å². The van der Waals surface area contributed by atoms with Crippen LogP contribution in [0.15, 0.2) is 29.6 Å². The second-order valence-corrected chi connectivity index (χ2v) is 7.11. The van der Waals surface area contributed by atoms with E-state index in [1.54, 1.807) is 11.3 Å². The fourth-order valence-electron chi connectivity index (χ4n) is 2.84. The lowest BCUT2D eigenvalue weighted by Gasteiger charge is -2.43. The summed E-state index contributed by atoms with van der Waals surface area (Å²) < 4.78 is 27.7. The third-order valence-electron chi connectivity index (χ3n) is 3.99. The Morgan fingerprint density at radius 1 is 1.36 bits per heavy atom. The molecular weight excluding hydrogens is 306 g/mol. The minimum absolute atomic E-state index is 0.282. The Morgan fingerprint density at radius 2 is 2.14 bits per heavy atom. The summed E-state index contributed by atoms with van der Waals surface area (Å²) in [6.45, 7) is 4.14. The van der Waals surface area contributed by atoms with Gasteiger partial charge in [-0.25, -0.2) is 8.78 Å². The number of hydrogen-bond acceptors (Lipinski definition) is 4. The minimum Gasteiger partial charge on any atom is -0.389 e. The topological polar surface area (TPSA) is 44.3 Å². The highest BCUT2D eigenvalue weighted by atomic mass is 32.1. The van der Waals surface area contributed by atoms with Crippen molar-refractivity contribution in [2.24, 2.45) is 0 Å². The predicted molar refractivity (Wildman–Crippen MR) is 84.0 cm³/mol. The summed E-state index contributed by atoms with van der Waals surface area (Å²) in [6, 6.07) is 5.43. The van der Waals surface area contributed by atoms with Crippen LogP contribution in [0.25, 0.3) is 0 Å². The van der Waals surface area contributed by atoms with Gasteiger partial charge >= 0.3 is 0 Å². The molecule has 3 N–H and O–H groups in total. The Labute approximate surface area is 132 Å². The first-order valence-electron chi connectivity index (χ1n) is 7.09. The lowest BCUT2D eigenvalue weighted by Crippen LogP contribution is -2.54. The van der Waals surface area contributed by atoms with Crippen LogP contribution in [-0.4, -0.2) is 16.7 Å². The number of hydrogen-bond donors (Lipinski definition) is 3. The van der Waals surface area contributed by atoms with Crippen LogP contribution in [-0.2, 0) is 6.54 Å². The van der Waals surface area contributed by atoms with Crippen LogP contribution in [0.1, 0.15) is 30.3 Å². The summed E-state index contributed by atoms with van der Waals surface area (Å²) in [5.74, 6) is -1.28. The minimum atomic E-state index is -0.847. The molecule has 22 heavy (non-hydrogen) atoms. The lowest BCUT2D eigenvalue weighted by atomic mass is 9.82. The molecule has 3 rings (SSSR count). The van der Waals surface area contributed by atoms with Gasteiger partial charge in [-0.2, -0.15) is 0 Å². The highest BCUT2D eigenvalue weighted by Gasteiger charge is 2.42. The molecule has 0 aliphatic carbocycles. The maximum absolute atomic E-state index is 14.2. The summed E-state index contributed by atoms with van der Waals surface area (Å²) in [6.07, 6.45) is -0.847. The van der Waals surface area contributed by atoms with Gasteiger partial charge in [-0.1, -0.05) is 6.07 Å². The summed E-state index contributed by atoms with van der Waals surface area (Å²) in [5, 5.41) is 18.8. The molecule has 0 saturated heterocycles. The molecule has 1 aliphatic heterocycles. The first-order valence-corrected chi connectivity index (χ1v) is 7.97. The first-order chi connectivity index (χ1) is 10.4. The fourth-order valence-corrected chi connectivity index (χ4v) is 3.49. The van der Waals surface area contributed by atoms with Crippen molar-refractivity contribution in [2.45, 2.75) is 38.1 Å². The van der Waals surface area contributed by atoms with E-state index in [1.165, 1.54) is 6.07 Å². The molecule has 0 fully saturated rings. The van der Waals surface area contributed by atoms with Crippen molar-refractivity contribution in [1.82, 2.24) is 5.32 Å². The number of thiophene rings is 1. The van der Waals surface area contributed by atoms with Crippen molar-refractivity contribution in [3.63, 3.8) is 0 Å². The number of benzene rings is 1. The van der Waals surface area contributed by atoms with E-state index in [9.17, 15) is 13.9 Å². The number of anilines is 1. The molecular formula is C16H18F2N2OS. The molecule has 2 aromatic rings. The maximum Gasteiger partial charge on any atom is 0.133 e. The summed E-state index contributed by atoms with van der Waals surface area (Å²) in [4.78, 5) is 1.09. The summed E-state index contributed by atoms with van der Waals surface area (Å²) in [7, 11) is 0. The second-order valence-electron chi connectivity index (χ2n) is 6.08. The van der Waals surface area contributed by atoms with Crippen molar-refractivity contribution in [3.05, 3.63) is 51.7 Å². The number of fused-ring (bicyclic) bond motifs is 1. The SMILES string of the molecule is CC1(C)Nc2cc(F)cc(F)c2[C@H](NCc2cccs2)C1O. The van der Waals surface area contributed by atoms with E-state index in [1.807, 2.05) is 31.4 Å². The number of aliphatic hydroxyl groups excluding tert-OH is 1. The summed E-state index contributed by atoms with van der Waals surface area (Å²) in [5.41, 5.74) is -0.0263. The van der Waals surface area contributed by atoms with Gasteiger partial charge in [0.1, 0.15) is 11.6 Å². The average Bonchev–Trinajstić information content (AvgIpc) is 2.92. The van der Waals surface area contributed by atoms with E-state index in [2.05, 4.69) is 10.6 Å². The van der Waals surface area contributed by atoms with E-state index >= 15 is 0 Å². The van der Waals surface area contributed by atoms with Crippen molar-refractivity contribution < 1.29 is 13.9 Å². The standard InChI is InChI=1S/C16H18F2N2OS/c1-16(2)15(21)14(19-8-10-4-3-5-22-10)13-11(18)6-9(17)7-12(13)20-16/h3-7,14-15,19-21H,8H2,1-2H3/t14-,15?/m0/s1. The normalized spacial score (nSPS) is 23.0. The zero-order chi connectivity index (χ0) is 15.9. The number of halogens is 2. The smallest absolute Gasteiger partial charge is 0.133 e. The van der Waals surface area contributed by atoms with Gasteiger partial charge in [-0.15, -0.1) is 11.3 Å². The van der Waals surface area contributed by atoms with Gasteiger partial charge in [0, 0.05) is 28.7 Å². The highest BCUT2D eigenvalue weighted by Crippen LogP contribution is 2.39. The molecule has 2 atom stereocenters. The van der Waals surface area contributed by atoms with E-state index < -0.39 is 29.3 Å². The van der Waals surface area contributed by atoms with E-state index in [0.29, 0.717) is 12.2 Å². The summed E-state index contributed by atoms with van der Waals surface area (Å²) >= 11 is 1.59. The van der Waals surface area contributed by atoms with Crippen LogP contribution < -0.4 is 10.6 Å². The van der Waals surface area contributed by atoms with Crippen LogP contribution in [0, 0.1) is 11.6 Å². The van der Waals surface area contributed by atoms with Gasteiger partial charge in [-0.3, -0.25) is 0 Å². The number of rotatable bonds is 3. The quantitative estimate of drug-likeness (QED) is 0.810. The third kappa shape index (κ3) is 2.74. The number of nitrogens with one attached hydrogen (secondary N) is 2.